The first kappa shape index (κ1) is 17.9. The standard InChI is InChI=1S/C18H18BrN7S/c1-13(9-24-11-15(19)7-20-24)17-22-23-18(27)26(17)16-8-21-25(12-16)10-14-5-3-2-4-6-14/h2-8,11-13H,9-10H2,1H3,(H,23,27)/t13-/m0/s1. The molecule has 0 radical (unpaired) electrons. The molecule has 0 bridgehead atoms. The monoisotopic (exact) mass is 443 g/mol. The maximum absolute atomic E-state index is 5.46. The summed E-state index contributed by atoms with van der Waals surface area (Å²) in [5, 5.41) is 16.2. The van der Waals surface area contributed by atoms with Gasteiger partial charge < -0.3 is 0 Å². The maximum Gasteiger partial charge on any atom is 0.199 e. The Morgan fingerprint density at radius 3 is 2.63 bits per heavy atom. The number of hydrogen-bond donors (Lipinski definition) is 1. The Morgan fingerprint density at radius 2 is 1.89 bits per heavy atom. The predicted molar refractivity (Wildman–Crippen MR) is 108 cm³/mol. The van der Waals surface area contributed by atoms with Crippen LogP contribution in [0.3, 0.4) is 0 Å². The molecule has 1 N–H and O–H groups in total. The lowest BCUT2D eigenvalue weighted by Crippen LogP contribution is -2.12. The van der Waals surface area contributed by atoms with Gasteiger partial charge in [-0.25, -0.2) is 0 Å². The van der Waals surface area contributed by atoms with Crippen LogP contribution in [0, 0.1) is 4.77 Å². The minimum Gasteiger partial charge on any atom is -0.271 e. The maximum atomic E-state index is 5.46. The Kier molecular flexibility index (Phi) is 5.04. The average molecular weight is 444 g/mol. The van der Waals surface area contributed by atoms with E-state index in [4.69, 9.17) is 12.2 Å². The van der Waals surface area contributed by atoms with Gasteiger partial charge in [0.1, 0.15) is 5.82 Å². The first-order valence-corrected chi connectivity index (χ1v) is 9.72. The molecule has 0 unspecified atom stereocenters. The number of benzene rings is 1. The molecule has 9 heteroatoms. The fourth-order valence-electron chi connectivity index (χ4n) is 3.01. The minimum atomic E-state index is 0.113. The van der Waals surface area contributed by atoms with E-state index in [-0.39, 0.29) is 5.92 Å². The minimum absolute atomic E-state index is 0.113. The van der Waals surface area contributed by atoms with Crippen LogP contribution in [0.15, 0.2) is 59.6 Å². The molecule has 7 nitrogen and oxygen atoms in total. The third-order valence-corrected chi connectivity index (χ3v) is 4.95. The summed E-state index contributed by atoms with van der Waals surface area (Å²) < 4.78 is 7.23. The van der Waals surface area contributed by atoms with Crippen molar-refractivity contribution >= 4 is 28.1 Å². The molecule has 1 aromatic carbocycles. The highest BCUT2D eigenvalue weighted by molar-refractivity contribution is 9.10. The molecule has 0 spiro atoms. The van der Waals surface area contributed by atoms with Gasteiger partial charge in [0.05, 0.1) is 35.6 Å². The zero-order chi connectivity index (χ0) is 18.8. The number of aromatic amines is 1. The summed E-state index contributed by atoms with van der Waals surface area (Å²) in [6.45, 7) is 3.51. The molecular formula is C18H18BrN7S. The van der Waals surface area contributed by atoms with Gasteiger partial charge in [-0.15, -0.1) is 0 Å². The Labute approximate surface area is 169 Å². The zero-order valence-electron chi connectivity index (χ0n) is 14.7. The third kappa shape index (κ3) is 3.93. The first-order chi connectivity index (χ1) is 13.1. The van der Waals surface area contributed by atoms with Gasteiger partial charge in [-0.2, -0.15) is 15.3 Å². The van der Waals surface area contributed by atoms with Gasteiger partial charge in [-0.3, -0.25) is 19.0 Å². The summed E-state index contributed by atoms with van der Waals surface area (Å²) in [4.78, 5) is 0. The Morgan fingerprint density at radius 1 is 1.11 bits per heavy atom. The number of nitrogens with zero attached hydrogens (tertiary/aromatic N) is 6. The molecule has 3 aromatic heterocycles. The summed E-state index contributed by atoms with van der Waals surface area (Å²) in [5.74, 6) is 0.966. The number of rotatable bonds is 6. The lowest BCUT2D eigenvalue weighted by Gasteiger charge is -2.12. The van der Waals surface area contributed by atoms with Crippen LogP contribution in [0.4, 0.5) is 0 Å². The topological polar surface area (TPSA) is 69.2 Å². The summed E-state index contributed by atoms with van der Waals surface area (Å²) in [6.07, 6.45) is 7.52. The van der Waals surface area contributed by atoms with E-state index in [0.717, 1.165) is 16.0 Å². The quantitative estimate of drug-likeness (QED) is 0.458. The van der Waals surface area contributed by atoms with Crippen molar-refractivity contribution in [1.29, 1.82) is 0 Å². The van der Waals surface area contributed by atoms with Crippen molar-refractivity contribution in [2.24, 2.45) is 0 Å². The molecule has 27 heavy (non-hydrogen) atoms. The average Bonchev–Trinajstić information content (AvgIpc) is 3.36. The first-order valence-electron chi connectivity index (χ1n) is 8.52. The molecule has 0 aliphatic heterocycles. The van der Waals surface area contributed by atoms with Crippen molar-refractivity contribution in [2.75, 3.05) is 0 Å². The molecule has 4 aromatic rings. The molecule has 0 saturated heterocycles. The molecule has 1 atom stereocenters. The van der Waals surface area contributed by atoms with Crippen LogP contribution in [-0.4, -0.2) is 34.3 Å². The van der Waals surface area contributed by atoms with E-state index >= 15 is 0 Å². The van der Waals surface area contributed by atoms with Gasteiger partial charge in [0.25, 0.3) is 0 Å². The summed E-state index contributed by atoms with van der Waals surface area (Å²) in [7, 11) is 0. The van der Waals surface area contributed by atoms with Crippen LogP contribution in [0.2, 0.25) is 0 Å². The van der Waals surface area contributed by atoms with Crippen LogP contribution < -0.4 is 0 Å². The second-order valence-electron chi connectivity index (χ2n) is 6.39. The highest BCUT2D eigenvalue weighted by Crippen LogP contribution is 2.20. The second kappa shape index (κ2) is 7.61. The largest absolute Gasteiger partial charge is 0.271 e. The molecule has 138 valence electrons. The fraction of sp³-hybridized carbons (Fsp3) is 0.222. The molecule has 0 fully saturated rings. The SMILES string of the molecule is C[C@@H](Cn1cc(Br)cn1)c1n[nH]c(=S)n1-c1cnn(Cc2ccccc2)c1. The van der Waals surface area contributed by atoms with Crippen molar-refractivity contribution in [2.45, 2.75) is 25.9 Å². The molecule has 0 aliphatic carbocycles. The number of hydrogen-bond acceptors (Lipinski definition) is 4. The van der Waals surface area contributed by atoms with Crippen molar-refractivity contribution in [1.82, 2.24) is 34.3 Å². The molecule has 4 rings (SSSR count). The van der Waals surface area contributed by atoms with Gasteiger partial charge in [0.15, 0.2) is 4.77 Å². The van der Waals surface area contributed by atoms with E-state index in [1.54, 1.807) is 6.20 Å². The number of H-pyrrole nitrogens is 1. The highest BCUT2D eigenvalue weighted by atomic mass is 79.9. The van der Waals surface area contributed by atoms with E-state index in [1.165, 1.54) is 5.56 Å². The summed E-state index contributed by atoms with van der Waals surface area (Å²) in [5.41, 5.74) is 2.09. The van der Waals surface area contributed by atoms with Crippen LogP contribution >= 0.6 is 28.1 Å². The van der Waals surface area contributed by atoms with E-state index in [0.29, 0.717) is 17.9 Å². The molecule has 0 saturated carbocycles. The van der Waals surface area contributed by atoms with Gasteiger partial charge >= 0.3 is 0 Å². The number of nitrogens with one attached hydrogen (secondary N) is 1. The Hall–Kier alpha value is -2.52. The highest BCUT2D eigenvalue weighted by Gasteiger charge is 2.17. The van der Waals surface area contributed by atoms with Gasteiger partial charge in [-0.05, 0) is 33.7 Å². The van der Waals surface area contributed by atoms with Crippen molar-refractivity contribution < 1.29 is 0 Å². The van der Waals surface area contributed by atoms with E-state index in [1.807, 2.05) is 50.7 Å². The molecule has 0 amide bonds. The van der Waals surface area contributed by atoms with Crippen molar-refractivity contribution in [3.63, 3.8) is 0 Å². The van der Waals surface area contributed by atoms with Crippen LogP contribution in [-0.2, 0) is 13.1 Å². The smallest absolute Gasteiger partial charge is 0.199 e. The van der Waals surface area contributed by atoms with Crippen LogP contribution in [0.1, 0.15) is 24.2 Å². The lowest BCUT2D eigenvalue weighted by molar-refractivity contribution is 0.518. The zero-order valence-corrected chi connectivity index (χ0v) is 17.1. The number of aromatic nitrogens is 7. The molecule has 0 aliphatic rings. The Balaban J connectivity index is 1.59. The van der Waals surface area contributed by atoms with Crippen LogP contribution in [0.25, 0.3) is 5.69 Å². The summed E-state index contributed by atoms with van der Waals surface area (Å²) >= 11 is 8.89. The molecule has 3 heterocycles. The van der Waals surface area contributed by atoms with Crippen molar-refractivity contribution in [3.05, 3.63) is 75.8 Å². The number of halogens is 1. The Bertz CT molecular complexity index is 1090. The predicted octanol–water partition coefficient (Wildman–Crippen LogP) is 3.94. The van der Waals surface area contributed by atoms with Gasteiger partial charge in [0.2, 0.25) is 0 Å². The van der Waals surface area contributed by atoms with Gasteiger partial charge in [0, 0.05) is 18.3 Å². The normalized spacial score (nSPS) is 12.4. The third-order valence-electron chi connectivity index (χ3n) is 4.27. The van der Waals surface area contributed by atoms with Crippen LogP contribution in [0.5, 0.6) is 0 Å². The van der Waals surface area contributed by atoms with E-state index in [2.05, 4.69) is 55.4 Å². The second-order valence-corrected chi connectivity index (χ2v) is 7.69. The van der Waals surface area contributed by atoms with E-state index < -0.39 is 0 Å². The molecular weight excluding hydrogens is 426 g/mol. The van der Waals surface area contributed by atoms with Crippen molar-refractivity contribution in [3.8, 4) is 5.69 Å². The lowest BCUT2D eigenvalue weighted by atomic mass is 10.1. The van der Waals surface area contributed by atoms with E-state index in [9.17, 15) is 0 Å². The fourth-order valence-corrected chi connectivity index (χ4v) is 3.59. The van der Waals surface area contributed by atoms with Gasteiger partial charge in [-0.1, -0.05) is 37.3 Å². The summed E-state index contributed by atoms with van der Waals surface area (Å²) in [6, 6.07) is 10.2.